The third kappa shape index (κ3) is 2.72. The standard InChI is InChI=1S/C15H15N5O6/c21-12(22)15(13(23)24)6-10-8(4-5-11-16-18-19-17-11)2-1-3-9(10)7-20(15)14(25)26/h1-3H,4-7H2,(H,21,22)(H,23,24)(H,25,26)(H,16,17,18,19). The number of hydrogen-bond donors (Lipinski definition) is 4. The van der Waals surface area contributed by atoms with Crippen molar-refractivity contribution in [3.63, 3.8) is 0 Å². The number of nitrogens with zero attached hydrogens (tertiary/aromatic N) is 4. The van der Waals surface area contributed by atoms with Gasteiger partial charge in [-0.05, 0) is 33.5 Å². The summed E-state index contributed by atoms with van der Waals surface area (Å²) < 4.78 is 0. The molecule has 0 unspecified atom stereocenters. The number of amides is 1. The first-order chi connectivity index (χ1) is 12.4. The number of carboxylic acid groups (broad SMARTS) is 3. The third-order valence-electron chi connectivity index (χ3n) is 4.55. The van der Waals surface area contributed by atoms with E-state index in [4.69, 9.17) is 0 Å². The Morgan fingerprint density at radius 1 is 1.15 bits per heavy atom. The molecule has 11 nitrogen and oxygen atoms in total. The largest absolute Gasteiger partial charge is 0.479 e. The highest BCUT2D eigenvalue weighted by Crippen LogP contribution is 2.34. The number of fused-ring (bicyclic) bond motifs is 1. The highest BCUT2D eigenvalue weighted by molar-refractivity contribution is 6.06. The van der Waals surface area contributed by atoms with Crippen molar-refractivity contribution >= 4 is 18.0 Å². The maximum Gasteiger partial charge on any atom is 0.409 e. The molecule has 1 aliphatic heterocycles. The van der Waals surface area contributed by atoms with Crippen molar-refractivity contribution in [2.24, 2.45) is 0 Å². The van der Waals surface area contributed by atoms with E-state index in [1.54, 1.807) is 18.2 Å². The highest BCUT2D eigenvalue weighted by atomic mass is 16.4. The Hall–Kier alpha value is -3.50. The van der Waals surface area contributed by atoms with Crippen molar-refractivity contribution in [2.45, 2.75) is 31.3 Å². The van der Waals surface area contributed by atoms with E-state index >= 15 is 0 Å². The number of carbonyl (C=O) groups is 3. The summed E-state index contributed by atoms with van der Waals surface area (Å²) in [6, 6.07) is 5.15. The molecule has 0 fully saturated rings. The molecule has 0 saturated carbocycles. The van der Waals surface area contributed by atoms with Gasteiger partial charge in [0.15, 0.2) is 0 Å². The van der Waals surface area contributed by atoms with Crippen molar-refractivity contribution in [3.05, 3.63) is 40.7 Å². The summed E-state index contributed by atoms with van der Waals surface area (Å²) in [6.45, 7) is -0.318. The number of aromatic amines is 1. The van der Waals surface area contributed by atoms with Crippen LogP contribution in [0.5, 0.6) is 0 Å². The van der Waals surface area contributed by atoms with Crippen molar-refractivity contribution in [1.82, 2.24) is 25.5 Å². The number of aromatic nitrogens is 4. The molecule has 0 radical (unpaired) electrons. The molecule has 0 atom stereocenters. The molecule has 11 heteroatoms. The zero-order chi connectivity index (χ0) is 18.9. The minimum absolute atomic E-state index is 0.318. The zero-order valence-electron chi connectivity index (χ0n) is 13.4. The van der Waals surface area contributed by atoms with E-state index in [-0.39, 0.29) is 6.54 Å². The molecule has 1 amide bonds. The molecular weight excluding hydrogens is 346 g/mol. The van der Waals surface area contributed by atoms with Gasteiger partial charge in [0.2, 0.25) is 5.54 Å². The highest BCUT2D eigenvalue weighted by Gasteiger charge is 2.56. The van der Waals surface area contributed by atoms with Crippen LogP contribution in [0.2, 0.25) is 0 Å². The van der Waals surface area contributed by atoms with Gasteiger partial charge in [-0.2, -0.15) is 0 Å². The first-order valence-corrected chi connectivity index (χ1v) is 7.66. The van der Waals surface area contributed by atoms with Crippen LogP contribution >= 0.6 is 0 Å². The molecule has 1 aromatic heterocycles. The monoisotopic (exact) mass is 361 g/mol. The Bertz CT molecular complexity index is 851. The van der Waals surface area contributed by atoms with Crippen LogP contribution in [0.1, 0.15) is 22.5 Å². The maximum absolute atomic E-state index is 11.8. The number of aryl methyl sites for hydroxylation is 2. The van der Waals surface area contributed by atoms with Gasteiger partial charge >= 0.3 is 18.0 Å². The second-order valence-corrected chi connectivity index (χ2v) is 5.92. The number of carboxylic acids is 2. The second-order valence-electron chi connectivity index (χ2n) is 5.92. The number of benzene rings is 1. The van der Waals surface area contributed by atoms with Crippen LogP contribution in [-0.2, 0) is 35.4 Å². The lowest BCUT2D eigenvalue weighted by molar-refractivity contribution is -0.167. The van der Waals surface area contributed by atoms with Gasteiger partial charge in [-0.15, -0.1) is 5.10 Å². The Kier molecular flexibility index (Phi) is 4.28. The fraction of sp³-hybridized carbons (Fsp3) is 0.333. The molecule has 0 saturated heterocycles. The van der Waals surface area contributed by atoms with Gasteiger partial charge in [0.1, 0.15) is 5.82 Å². The van der Waals surface area contributed by atoms with Crippen LogP contribution in [0.3, 0.4) is 0 Å². The molecule has 1 aromatic carbocycles. The topological polar surface area (TPSA) is 170 Å². The first-order valence-electron chi connectivity index (χ1n) is 7.66. The SMILES string of the molecule is O=C(O)N1Cc2cccc(CCc3nnn[nH]3)c2CC1(C(=O)O)C(=O)O. The molecule has 3 rings (SSSR count). The predicted molar refractivity (Wildman–Crippen MR) is 83.3 cm³/mol. The summed E-state index contributed by atoms with van der Waals surface area (Å²) in [5.41, 5.74) is -0.722. The molecule has 136 valence electrons. The lowest BCUT2D eigenvalue weighted by Crippen LogP contribution is -2.64. The summed E-state index contributed by atoms with van der Waals surface area (Å²) in [7, 11) is 0. The third-order valence-corrected chi connectivity index (χ3v) is 4.55. The van der Waals surface area contributed by atoms with Crippen molar-refractivity contribution < 1.29 is 29.7 Å². The second kappa shape index (κ2) is 6.43. The normalized spacial score (nSPS) is 15.3. The average molecular weight is 361 g/mol. The fourth-order valence-electron chi connectivity index (χ4n) is 3.20. The van der Waals surface area contributed by atoms with Crippen LogP contribution in [-0.4, -0.2) is 64.4 Å². The number of rotatable bonds is 5. The van der Waals surface area contributed by atoms with E-state index in [0.717, 1.165) is 5.56 Å². The Balaban J connectivity index is 2.02. The summed E-state index contributed by atoms with van der Waals surface area (Å²) in [6.07, 6.45) is -1.16. The maximum atomic E-state index is 11.8. The molecule has 26 heavy (non-hydrogen) atoms. The van der Waals surface area contributed by atoms with E-state index in [2.05, 4.69) is 20.6 Å². The van der Waals surface area contributed by atoms with Crippen LogP contribution in [0, 0.1) is 0 Å². The number of hydrogen-bond acceptors (Lipinski definition) is 6. The molecule has 0 spiro atoms. The summed E-state index contributed by atoms with van der Waals surface area (Å²) in [4.78, 5) is 35.6. The summed E-state index contributed by atoms with van der Waals surface area (Å²) in [5, 5.41) is 41.8. The quantitative estimate of drug-likeness (QED) is 0.532. The molecule has 4 N–H and O–H groups in total. The molecular formula is C15H15N5O6. The number of aliphatic carboxylic acids is 2. The molecule has 2 aromatic rings. The van der Waals surface area contributed by atoms with Gasteiger partial charge in [-0.25, -0.2) is 19.5 Å². The molecule has 0 bridgehead atoms. The van der Waals surface area contributed by atoms with Gasteiger partial charge in [-0.1, -0.05) is 18.2 Å². The van der Waals surface area contributed by atoms with Crippen molar-refractivity contribution in [1.29, 1.82) is 0 Å². The minimum Gasteiger partial charge on any atom is -0.479 e. The van der Waals surface area contributed by atoms with Gasteiger partial charge in [0.05, 0.1) is 6.54 Å². The van der Waals surface area contributed by atoms with Crippen LogP contribution in [0.4, 0.5) is 4.79 Å². The van der Waals surface area contributed by atoms with Crippen LogP contribution in [0.15, 0.2) is 18.2 Å². The van der Waals surface area contributed by atoms with Crippen LogP contribution in [0.25, 0.3) is 0 Å². The van der Waals surface area contributed by atoms with E-state index in [0.29, 0.717) is 34.7 Å². The summed E-state index contributed by atoms with van der Waals surface area (Å²) in [5.74, 6) is -2.90. The molecule has 2 heterocycles. The van der Waals surface area contributed by atoms with E-state index in [1.165, 1.54) is 0 Å². The Morgan fingerprint density at radius 2 is 1.88 bits per heavy atom. The minimum atomic E-state index is -2.57. The fourth-order valence-corrected chi connectivity index (χ4v) is 3.20. The number of H-pyrrole nitrogens is 1. The van der Waals surface area contributed by atoms with E-state index < -0.39 is 30.0 Å². The Morgan fingerprint density at radius 3 is 2.46 bits per heavy atom. The van der Waals surface area contributed by atoms with Crippen LogP contribution < -0.4 is 0 Å². The van der Waals surface area contributed by atoms with E-state index in [9.17, 15) is 29.7 Å². The van der Waals surface area contributed by atoms with Gasteiger partial charge in [-0.3, -0.25) is 4.90 Å². The number of tetrazole rings is 1. The summed E-state index contributed by atoms with van der Waals surface area (Å²) >= 11 is 0. The number of nitrogens with one attached hydrogen (secondary N) is 1. The van der Waals surface area contributed by atoms with Gasteiger partial charge < -0.3 is 15.3 Å². The lowest BCUT2D eigenvalue weighted by atomic mass is 9.80. The average Bonchev–Trinajstić information content (AvgIpc) is 3.11. The van der Waals surface area contributed by atoms with Gasteiger partial charge in [0, 0.05) is 12.8 Å². The van der Waals surface area contributed by atoms with E-state index in [1.807, 2.05) is 0 Å². The predicted octanol–water partition coefficient (Wildman–Crippen LogP) is -0.0710. The van der Waals surface area contributed by atoms with Crippen molar-refractivity contribution in [3.8, 4) is 0 Å². The lowest BCUT2D eigenvalue weighted by Gasteiger charge is -2.40. The smallest absolute Gasteiger partial charge is 0.409 e. The Labute approximate surface area is 146 Å². The molecule has 1 aliphatic rings. The van der Waals surface area contributed by atoms with Gasteiger partial charge in [0.25, 0.3) is 0 Å². The first kappa shape index (κ1) is 17.3. The zero-order valence-corrected chi connectivity index (χ0v) is 13.4. The van der Waals surface area contributed by atoms with Crippen molar-refractivity contribution in [2.75, 3.05) is 0 Å². The molecule has 0 aliphatic carbocycles.